The van der Waals surface area contributed by atoms with Gasteiger partial charge in [0.25, 0.3) is 0 Å². The summed E-state index contributed by atoms with van der Waals surface area (Å²) in [6.45, 7) is 1.73. The molecule has 0 spiro atoms. The fourth-order valence-electron chi connectivity index (χ4n) is 4.28. The maximum atomic E-state index is 4.88. The van der Waals surface area contributed by atoms with Crippen molar-refractivity contribution in [2.75, 3.05) is 13.1 Å². The van der Waals surface area contributed by atoms with Gasteiger partial charge in [-0.05, 0) is 64.2 Å². The van der Waals surface area contributed by atoms with Crippen LogP contribution in [0, 0.1) is 0 Å². The largest absolute Gasteiger partial charge is 0.325 e. The fourth-order valence-corrected chi connectivity index (χ4v) is 4.28. The summed E-state index contributed by atoms with van der Waals surface area (Å²) in [6, 6.07) is 8.51. The van der Waals surface area contributed by atoms with Crippen LogP contribution in [0.25, 0.3) is 0 Å². The summed E-state index contributed by atoms with van der Waals surface area (Å²) >= 11 is 0. The normalized spacial score (nSPS) is 22.4. The maximum absolute atomic E-state index is 4.88. The first-order valence-corrected chi connectivity index (χ1v) is 10.7. The summed E-state index contributed by atoms with van der Waals surface area (Å²) in [6.07, 6.45) is 17.4. The van der Waals surface area contributed by atoms with Gasteiger partial charge < -0.3 is 5.32 Å². The number of nitrogens with zero attached hydrogens (tertiary/aromatic N) is 2. The summed E-state index contributed by atoms with van der Waals surface area (Å²) < 4.78 is 0. The summed E-state index contributed by atoms with van der Waals surface area (Å²) in [5.41, 5.74) is 5.58. The van der Waals surface area contributed by atoms with E-state index in [-0.39, 0.29) is 0 Å². The number of aliphatic imine (C=N–C) groups is 2. The van der Waals surface area contributed by atoms with Crippen LogP contribution in [0.1, 0.15) is 75.3 Å². The quantitative estimate of drug-likeness (QED) is 0.661. The first-order valence-electron chi connectivity index (χ1n) is 10.7. The molecule has 2 aliphatic carbocycles. The third-order valence-electron chi connectivity index (χ3n) is 5.85. The van der Waals surface area contributed by atoms with E-state index in [1.54, 1.807) is 11.1 Å². The number of hydrogen-bond donors (Lipinski definition) is 1. The molecule has 3 heteroatoms. The Balaban J connectivity index is 1.40. The van der Waals surface area contributed by atoms with Gasteiger partial charge in [0.15, 0.2) is 0 Å². The topological polar surface area (TPSA) is 36.8 Å². The van der Waals surface area contributed by atoms with Crippen LogP contribution >= 0.6 is 0 Å². The molecule has 1 aromatic carbocycles. The Bertz CT molecular complexity index is 718. The van der Waals surface area contributed by atoms with E-state index in [0.717, 1.165) is 37.6 Å². The molecular weight excluding hydrogens is 330 g/mol. The zero-order chi connectivity index (χ0) is 18.3. The summed E-state index contributed by atoms with van der Waals surface area (Å²) in [5, 5.41) is 3.49. The van der Waals surface area contributed by atoms with Crippen molar-refractivity contribution >= 4 is 11.7 Å². The number of nitrogens with one attached hydrogen (secondary N) is 1. The Morgan fingerprint density at radius 3 is 1.67 bits per heavy atom. The summed E-state index contributed by atoms with van der Waals surface area (Å²) in [7, 11) is 0. The molecule has 0 atom stereocenters. The van der Waals surface area contributed by atoms with Gasteiger partial charge in [0.1, 0.15) is 11.7 Å². The average molecular weight is 362 g/mol. The Morgan fingerprint density at radius 1 is 0.704 bits per heavy atom. The number of rotatable bonds is 6. The fraction of sp³-hybridized carbons (Fsp3) is 0.500. The molecular formula is C24H31N3. The second-order valence-electron chi connectivity index (χ2n) is 7.85. The van der Waals surface area contributed by atoms with Gasteiger partial charge in [-0.1, -0.05) is 47.6 Å². The van der Waals surface area contributed by atoms with Crippen molar-refractivity contribution in [1.82, 2.24) is 5.32 Å². The molecule has 1 aliphatic heterocycles. The van der Waals surface area contributed by atoms with Crippen molar-refractivity contribution in [2.45, 2.75) is 64.2 Å². The van der Waals surface area contributed by atoms with Gasteiger partial charge in [-0.15, -0.1) is 0 Å². The van der Waals surface area contributed by atoms with Crippen molar-refractivity contribution in [3.63, 3.8) is 0 Å². The molecule has 0 amide bonds. The molecule has 0 saturated heterocycles. The van der Waals surface area contributed by atoms with Gasteiger partial charge in [0, 0.05) is 24.2 Å². The zero-order valence-corrected chi connectivity index (χ0v) is 16.3. The van der Waals surface area contributed by atoms with Crippen LogP contribution in [0.4, 0.5) is 0 Å². The van der Waals surface area contributed by atoms with E-state index >= 15 is 0 Å². The average Bonchev–Trinajstić information content (AvgIpc) is 3.08. The highest BCUT2D eigenvalue weighted by Gasteiger charge is 2.22. The second kappa shape index (κ2) is 9.16. The first kappa shape index (κ1) is 18.2. The predicted molar refractivity (Wildman–Crippen MR) is 115 cm³/mol. The van der Waals surface area contributed by atoms with Crippen LogP contribution in [-0.2, 0) is 0 Å². The van der Waals surface area contributed by atoms with Crippen molar-refractivity contribution in [2.24, 2.45) is 9.98 Å². The van der Waals surface area contributed by atoms with E-state index in [1.165, 1.54) is 62.5 Å². The minimum absolute atomic E-state index is 0.864. The van der Waals surface area contributed by atoms with Crippen LogP contribution in [0.3, 0.4) is 0 Å². The molecule has 1 aromatic rings. The lowest BCUT2D eigenvalue weighted by Gasteiger charge is -2.11. The third kappa shape index (κ3) is 4.77. The van der Waals surface area contributed by atoms with Gasteiger partial charge in [0.05, 0.1) is 0 Å². The highest BCUT2D eigenvalue weighted by molar-refractivity contribution is 6.25. The van der Waals surface area contributed by atoms with Gasteiger partial charge in [-0.3, -0.25) is 9.98 Å². The third-order valence-corrected chi connectivity index (χ3v) is 5.85. The minimum atomic E-state index is 0.864. The number of fused-ring (bicyclic) bond motifs is 1. The van der Waals surface area contributed by atoms with E-state index < -0.39 is 0 Å². The predicted octanol–water partition coefficient (Wildman–Crippen LogP) is 5.56. The van der Waals surface area contributed by atoms with Crippen molar-refractivity contribution in [3.8, 4) is 0 Å². The minimum Gasteiger partial charge on any atom is -0.325 e. The Kier molecular flexibility index (Phi) is 6.18. The molecule has 27 heavy (non-hydrogen) atoms. The molecule has 0 bridgehead atoms. The standard InChI is InChI=1S/C24H31N3/c1-3-9-19(10-4-1)15-17-25-23-21-13-7-8-14-22(21)24(27-23)26-18-16-20-11-5-2-6-12-20/h7-9,11,13-14H,1-6,10,12,15-18H2,(H,25,26,27). The van der Waals surface area contributed by atoms with Crippen LogP contribution in [0.15, 0.2) is 57.5 Å². The number of hydrogen-bond acceptors (Lipinski definition) is 2. The van der Waals surface area contributed by atoms with Crippen molar-refractivity contribution in [1.29, 1.82) is 0 Å². The lowest BCUT2D eigenvalue weighted by molar-refractivity contribution is 0.676. The monoisotopic (exact) mass is 361 g/mol. The van der Waals surface area contributed by atoms with E-state index in [0.29, 0.717) is 0 Å². The smallest absolute Gasteiger partial charge is 0.134 e. The van der Waals surface area contributed by atoms with Crippen molar-refractivity contribution < 1.29 is 0 Å². The Labute approximate surface area is 163 Å². The molecule has 1 N–H and O–H groups in total. The molecule has 1 heterocycles. The highest BCUT2D eigenvalue weighted by Crippen LogP contribution is 2.22. The van der Waals surface area contributed by atoms with Gasteiger partial charge in [-0.25, -0.2) is 0 Å². The zero-order valence-electron chi connectivity index (χ0n) is 16.3. The second-order valence-corrected chi connectivity index (χ2v) is 7.85. The molecule has 3 nitrogen and oxygen atoms in total. The molecule has 0 saturated carbocycles. The van der Waals surface area contributed by atoms with Gasteiger partial charge >= 0.3 is 0 Å². The lowest BCUT2D eigenvalue weighted by Crippen LogP contribution is -2.23. The summed E-state index contributed by atoms with van der Waals surface area (Å²) in [5.74, 6) is 2.00. The lowest BCUT2D eigenvalue weighted by atomic mass is 9.97. The van der Waals surface area contributed by atoms with Crippen LogP contribution in [-0.4, -0.2) is 24.8 Å². The van der Waals surface area contributed by atoms with E-state index in [2.05, 4.69) is 41.7 Å². The van der Waals surface area contributed by atoms with Crippen LogP contribution in [0.5, 0.6) is 0 Å². The molecule has 0 unspecified atom stereocenters. The molecule has 142 valence electrons. The van der Waals surface area contributed by atoms with Crippen LogP contribution < -0.4 is 5.32 Å². The Morgan fingerprint density at radius 2 is 1.22 bits per heavy atom. The van der Waals surface area contributed by atoms with Crippen LogP contribution in [0.2, 0.25) is 0 Å². The molecule has 0 radical (unpaired) electrons. The first-order chi connectivity index (χ1) is 13.4. The van der Waals surface area contributed by atoms with E-state index in [1.807, 2.05) is 0 Å². The highest BCUT2D eigenvalue weighted by atomic mass is 15.1. The number of benzene rings is 1. The van der Waals surface area contributed by atoms with Gasteiger partial charge in [-0.2, -0.15) is 0 Å². The summed E-state index contributed by atoms with van der Waals surface area (Å²) in [4.78, 5) is 9.76. The molecule has 0 fully saturated rings. The molecule has 0 aromatic heterocycles. The van der Waals surface area contributed by atoms with E-state index in [4.69, 9.17) is 9.98 Å². The van der Waals surface area contributed by atoms with Crippen molar-refractivity contribution in [3.05, 3.63) is 58.7 Å². The molecule has 4 rings (SSSR count). The Hall–Kier alpha value is -2.16. The number of allylic oxidation sites excluding steroid dienone is 2. The SMILES string of the molecule is C1=C(CCN=C2NC(=NCCC3=CCCCC3)c3ccccc32)CCCC1. The van der Waals surface area contributed by atoms with Gasteiger partial charge in [0.2, 0.25) is 0 Å². The number of amidine groups is 2. The van der Waals surface area contributed by atoms with E-state index in [9.17, 15) is 0 Å². The molecule has 3 aliphatic rings. The maximum Gasteiger partial charge on any atom is 0.134 e.